The van der Waals surface area contributed by atoms with Crippen molar-refractivity contribution in [1.29, 1.82) is 0 Å². The van der Waals surface area contributed by atoms with Crippen molar-refractivity contribution in [3.05, 3.63) is 89.5 Å². The van der Waals surface area contributed by atoms with Crippen LogP contribution in [0.1, 0.15) is 40.7 Å². The lowest BCUT2D eigenvalue weighted by atomic mass is 10.0. The van der Waals surface area contributed by atoms with E-state index in [0.717, 1.165) is 17.9 Å². The van der Waals surface area contributed by atoms with E-state index in [0.29, 0.717) is 47.8 Å². The fraction of sp³-hybridized carbons (Fsp3) is 0.258. The number of para-hydroxylation sites is 1. The number of hydrogen-bond donors (Lipinski definition) is 2. The van der Waals surface area contributed by atoms with Crippen LogP contribution in [0.3, 0.4) is 0 Å². The van der Waals surface area contributed by atoms with Crippen molar-refractivity contribution in [2.75, 3.05) is 26.9 Å². The molecule has 0 amide bonds. The van der Waals surface area contributed by atoms with Crippen LogP contribution in [-0.4, -0.2) is 54.9 Å². The van der Waals surface area contributed by atoms with E-state index < -0.39 is 11.9 Å². The van der Waals surface area contributed by atoms with Crippen molar-refractivity contribution in [2.45, 2.75) is 25.7 Å². The third kappa shape index (κ3) is 9.83. The summed E-state index contributed by atoms with van der Waals surface area (Å²) in [6, 6.07) is 19.0. The summed E-state index contributed by atoms with van der Waals surface area (Å²) in [4.78, 5) is 34.8. The number of methoxy groups -OCH3 is 1. The first-order valence-electron chi connectivity index (χ1n) is 12.8. The van der Waals surface area contributed by atoms with Crippen LogP contribution in [0.2, 0.25) is 0 Å². The van der Waals surface area contributed by atoms with Gasteiger partial charge in [-0.15, -0.1) is 0 Å². The number of ketones is 1. The average Bonchev–Trinajstić information content (AvgIpc) is 2.94. The summed E-state index contributed by atoms with van der Waals surface area (Å²) in [5, 5.41) is 18.0. The Morgan fingerprint density at radius 1 is 0.775 bits per heavy atom. The molecule has 0 aromatic heterocycles. The molecular formula is C31H32O9. The van der Waals surface area contributed by atoms with Crippen LogP contribution in [0.5, 0.6) is 23.0 Å². The number of hydrogen-bond acceptors (Lipinski definition) is 7. The van der Waals surface area contributed by atoms with Crippen molar-refractivity contribution in [3.8, 4) is 23.0 Å². The minimum absolute atomic E-state index is 0.0720. The van der Waals surface area contributed by atoms with Crippen LogP contribution >= 0.6 is 0 Å². The molecule has 2 N–H and O–H groups in total. The van der Waals surface area contributed by atoms with Crippen LogP contribution in [-0.2, 0) is 16.0 Å². The lowest BCUT2D eigenvalue weighted by Gasteiger charge is -2.15. The van der Waals surface area contributed by atoms with Gasteiger partial charge in [0.05, 0.1) is 39.8 Å². The molecule has 9 heteroatoms. The summed E-state index contributed by atoms with van der Waals surface area (Å²) in [6.45, 7) is 0.817. The minimum Gasteiger partial charge on any atom is -0.497 e. The molecule has 0 atom stereocenters. The molecule has 0 aliphatic rings. The van der Waals surface area contributed by atoms with Gasteiger partial charge in [-0.2, -0.15) is 0 Å². The van der Waals surface area contributed by atoms with Gasteiger partial charge in [0.1, 0.15) is 11.5 Å². The average molecular weight is 549 g/mol. The maximum Gasteiger partial charge on any atom is 0.307 e. The van der Waals surface area contributed by atoms with Crippen LogP contribution in [0.25, 0.3) is 6.08 Å². The van der Waals surface area contributed by atoms with Gasteiger partial charge in [-0.25, -0.2) is 0 Å². The molecule has 0 heterocycles. The molecule has 0 spiro atoms. The number of rotatable bonds is 17. The predicted octanol–water partition coefficient (Wildman–Crippen LogP) is 5.31. The third-order valence-corrected chi connectivity index (χ3v) is 5.68. The standard InChI is InChI=1S/C31H32O9/c1-37-25-11-13-26(14-12-25)38-17-2-3-18-39-28-9-5-7-23(31(28)40-19-16-29(33)34)10-15-27(32)24-8-4-6-22(20-24)21-30(35)36/h4-15,20H,2-3,16-19,21H2,1H3,(H,33,34)(H,35,36). The molecule has 3 aromatic rings. The zero-order chi connectivity index (χ0) is 28.7. The molecule has 0 aliphatic heterocycles. The number of carbonyl (C=O) groups excluding carboxylic acids is 1. The van der Waals surface area contributed by atoms with Gasteiger partial charge >= 0.3 is 11.9 Å². The summed E-state index contributed by atoms with van der Waals surface area (Å²) >= 11 is 0. The number of unbranched alkanes of at least 4 members (excludes halogenated alkanes) is 1. The lowest BCUT2D eigenvalue weighted by Crippen LogP contribution is -2.08. The van der Waals surface area contributed by atoms with Crippen LogP contribution in [0.4, 0.5) is 0 Å². The highest BCUT2D eigenvalue weighted by atomic mass is 16.5. The number of aliphatic carboxylic acids is 2. The maximum atomic E-state index is 12.8. The maximum absolute atomic E-state index is 12.8. The third-order valence-electron chi connectivity index (χ3n) is 5.68. The molecule has 0 unspecified atom stereocenters. The van der Waals surface area contributed by atoms with Gasteiger partial charge in [-0.1, -0.05) is 30.3 Å². The van der Waals surface area contributed by atoms with Crippen LogP contribution in [0, 0.1) is 0 Å². The molecule has 0 saturated carbocycles. The number of allylic oxidation sites excluding steroid dienone is 1. The molecule has 3 aromatic carbocycles. The topological polar surface area (TPSA) is 129 Å². The first-order chi connectivity index (χ1) is 19.4. The fourth-order valence-electron chi connectivity index (χ4n) is 3.69. The Morgan fingerprint density at radius 2 is 1.48 bits per heavy atom. The summed E-state index contributed by atoms with van der Waals surface area (Å²) in [5.74, 6) is -0.0195. The Bertz CT molecular complexity index is 1310. The summed E-state index contributed by atoms with van der Waals surface area (Å²) in [6.07, 6.45) is 4.00. The number of carbonyl (C=O) groups is 3. The second kappa shape index (κ2) is 15.6. The molecule has 3 rings (SSSR count). The van der Waals surface area contributed by atoms with E-state index in [4.69, 9.17) is 29.2 Å². The second-order valence-electron chi connectivity index (χ2n) is 8.71. The predicted molar refractivity (Wildman–Crippen MR) is 149 cm³/mol. The molecule has 0 bridgehead atoms. The van der Waals surface area contributed by atoms with E-state index in [2.05, 4.69) is 0 Å². The fourth-order valence-corrected chi connectivity index (χ4v) is 3.69. The Hall–Kier alpha value is -4.79. The van der Waals surface area contributed by atoms with E-state index in [9.17, 15) is 14.4 Å². The zero-order valence-electron chi connectivity index (χ0n) is 22.2. The van der Waals surface area contributed by atoms with E-state index in [1.165, 1.54) is 6.08 Å². The highest BCUT2D eigenvalue weighted by molar-refractivity contribution is 6.07. The summed E-state index contributed by atoms with van der Waals surface area (Å²) in [5.41, 5.74) is 1.42. The first kappa shape index (κ1) is 29.8. The number of carboxylic acid groups (broad SMARTS) is 2. The second-order valence-corrected chi connectivity index (χ2v) is 8.71. The minimum atomic E-state index is -0.997. The largest absolute Gasteiger partial charge is 0.497 e. The Labute approximate surface area is 232 Å². The van der Waals surface area contributed by atoms with Gasteiger partial charge in [0.2, 0.25) is 0 Å². The first-order valence-corrected chi connectivity index (χ1v) is 12.8. The van der Waals surface area contributed by atoms with Gasteiger partial charge in [0.15, 0.2) is 17.3 Å². The Morgan fingerprint density at radius 3 is 2.17 bits per heavy atom. The highest BCUT2D eigenvalue weighted by Gasteiger charge is 2.12. The quantitative estimate of drug-likeness (QED) is 0.131. The van der Waals surface area contributed by atoms with Crippen LogP contribution < -0.4 is 18.9 Å². The lowest BCUT2D eigenvalue weighted by molar-refractivity contribution is -0.138. The van der Waals surface area contributed by atoms with E-state index in [1.54, 1.807) is 55.7 Å². The zero-order valence-corrected chi connectivity index (χ0v) is 22.2. The molecule has 0 aliphatic carbocycles. The van der Waals surface area contributed by atoms with Gasteiger partial charge in [-0.05, 0) is 67.0 Å². The molecule has 9 nitrogen and oxygen atoms in total. The molecule has 0 radical (unpaired) electrons. The normalized spacial score (nSPS) is 10.7. The van der Waals surface area contributed by atoms with Gasteiger partial charge in [0, 0.05) is 11.1 Å². The van der Waals surface area contributed by atoms with E-state index in [1.807, 2.05) is 24.3 Å². The van der Waals surface area contributed by atoms with Crippen molar-refractivity contribution >= 4 is 23.8 Å². The molecule has 0 saturated heterocycles. The number of benzene rings is 3. The van der Waals surface area contributed by atoms with E-state index >= 15 is 0 Å². The Balaban J connectivity index is 1.62. The highest BCUT2D eigenvalue weighted by Crippen LogP contribution is 2.33. The van der Waals surface area contributed by atoms with Crippen molar-refractivity contribution < 1.29 is 43.5 Å². The molecule has 210 valence electrons. The Kier molecular flexibility index (Phi) is 11.6. The van der Waals surface area contributed by atoms with Crippen LogP contribution in [0.15, 0.2) is 72.8 Å². The summed E-state index contributed by atoms with van der Waals surface area (Å²) in [7, 11) is 1.61. The van der Waals surface area contributed by atoms with Gasteiger partial charge < -0.3 is 29.2 Å². The number of ether oxygens (including phenoxy) is 4. The molecule has 0 fully saturated rings. The molecule has 40 heavy (non-hydrogen) atoms. The van der Waals surface area contributed by atoms with Gasteiger partial charge in [-0.3, -0.25) is 14.4 Å². The van der Waals surface area contributed by atoms with Crippen molar-refractivity contribution in [3.63, 3.8) is 0 Å². The summed E-state index contributed by atoms with van der Waals surface area (Å²) < 4.78 is 22.6. The SMILES string of the molecule is COc1ccc(OCCCCOc2cccc(C=CC(=O)c3cccc(CC(=O)O)c3)c2OCCC(=O)O)cc1. The van der Waals surface area contributed by atoms with E-state index in [-0.39, 0.29) is 25.2 Å². The smallest absolute Gasteiger partial charge is 0.307 e. The van der Waals surface area contributed by atoms with Crippen molar-refractivity contribution in [1.82, 2.24) is 0 Å². The van der Waals surface area contributed by atoms with Crippen molar-refractivity contribution in [2.24, 2.45) is 0 Å². The van der Waals surface area contributed by atoms with Gasteiger partial charge in [0.25, 0.3) is 0 Å². The monoisotopic (exact) mass is 548 g/mol. The number of carboxylic acids is 2. The molecular weight excluding hydrogens is 516 g/mol.